The number of benzene rings is 2. The highest BCUT2D eigenvalue weighted by molar-refractivity contribution is 5.99. The van der Waals surface area contributed by atoms with Crippen LogP contribution in [0.3, 0.4) is 0 Å². The molecule has 3 heteroatoms. The molecule has 28 heavy (non-hydrogen) atoms. The van der Waals surface area contributed by atoms with Crippen LogP contribution in [-0.4, -0.2) is 13.2 Å². The van der Waals surface area contributed by atoms with Crippen molar-refractivity contribution in [2.75, 3.05) is 13.2 Å². The summed E-state index contributed by atoms with van der Waals surface area (Å²) < 4.78 is 11.6. The Kier molecular flexibility index (Phi) is 5.21. The summed E-state index contributed by atoms with van der Waals surface area (Å²) in [5.41, 5.74) is 5.14. The smallest absolute Gasteiger partial charge is 0.195 e. The molecule has 1 aliphatic carbocycles. The highest BCUT2D eigenvalue weighted by atomic mass is 16.5. The van der Waals surface area contributed by atoms with Gasteiger partial charge in [0.1, 0.15) is 11.5 Å². The molecule has 3 aromatic carbocycles. The van der Waals surface area contributed by atoms with Gasteiger partial charge in [0.2, 0.25) is 0 Å². The Labute approximate surface area is 166 Å². The van der Waals surface area contributed by atoms with Gasteiger partial charge < -0.3 is 9.47 Å². The van der Waals surface area contributed by atoms with Gasteiger partial charge in [-0.1, -0.05) is 38.5 Å². The quantitative estimate of drug-likeness (QED) is 0.310. The second kappa shape index (κ2) is 7.94. The fraction of sp³-hybridized carbons (Fsp3) is 0.320. The van der Waals surface area contributed by atoms with E-state index in [-0.39, 0.29) is 5.43 Å². The number of rotatable bonds is 8. The van der Waals surface area contributed by atoms with E-state index in [2.05, 4.69) is 25.7 Å². The van der Waals surface area contributed by atoms with Crippen LogP contribution in [0.2, 0.25) is 0 Å². The molecule has 0 saturated carbocycles. The lowest BCUT2D eigenvalue weighted by Crippen LogP contribution is -1.98. The van der Waals surface area contributed by atoms with Crippen LogP contribution in [0.15, 0.2) is 41.2 Å². The van der Waals surface area contributed by atoms with E-state index in [1.54, 1.807) is 0 Å². The van der Waals surface area contributed by atoms with E-state index in [0.717, 1.165) is 70.6 Å². The number of hydrogen-bond acceptors (Lipinski definition) is 3. The summed E-state index contributed by atoms with van der Waals surface area (Å²) in [6.45, 7) is 5.65. The van der Waals surface area contributed by atoms with Crippen LogP contribution < -0.4 is 14.9 Å². The summed E-state index contributed by atoms with van der Waals surface area (Å²) in [4.78, 5) is 12.6. The van der Waals surface area contributed by atoms with Crippen molar-refractivity contribution in [1.82, 2.24) is 0 Å². The third-order valence-electron chi connectivity index (χ3n) is 5.03. The van der Waals surface area contributed by atoms with Gasteiger partial charge in [0.25, 0.3) is 0 Å². The van der Waals surface area contributed by atoms with E-state index in [9.17, 15) is 4.79 Å². The average molecular weight is 372 g/mol. The summed E-state index contributed by atoms with van der Waals surface area (Å²) in [7, 11) is 0. The molecule has 0 saturated heterocycles. The maximum atomic E-state index is 12.6. The molecule has 0 N–H and O–H groups in total. The van der Waals surface area contributed by atoms with Crippen molar-refractivity contribution in [3.63, 3.8) is 0 Å². The monoisotopic (exact) mass is 372 g/mol. The molecule has 0 aromatic heterocycles. The summed E-state index contributed by atoms with van der Waals surface area (Å²) in [5, 5.41) is 0. The maximum absolute atomic E-state index is 12.6. The number of fused-ring (bicyclic) bond motifs is 5. The average Bonchev–Trinajstić information content (AvgIpc) is 3.35. The molecule has 1 aliphatic rings. The Hall–Kier alpha value is -2.99. The second-order valence-corrected chi connectivity index (χ2v) is 7.15. The molecule has 142 valence electrons. The fourth-order valence-electron chi connectivity index (χ4n) is 3.35. The molecule has 0 aliphatic heterocycles. The normalized spacial score (nSPS) is 11.5. The van der Waals surface area contributed by atoms with Crippen LogP contribution in [0.1, 0.15) is 50.7 Å². The zero-order valence-corrected chi connectivity index (χ0v) is 16.4. The van der Waals surface area contributed by atoms with Crippen LogP contribution >= 0.6 is 0 Å². The van der Waals surface area contributed by atoms with Crippen LogP contribution in [0.4, 0.5) is 0 Å². The summed E-state index contributed by atoms with van der Waals surface area (Å²) in [6.07, 6.45) is 4.22. The molecule has 0 bridgehead atoms. The first-order valence-electron chi connectivity index (χ1n) is 10.1. The van der Waals surface area contributed by atoms with Crippen LogP contribution in [0.5, 0.6) is 11.5 Å². The van der Waals surface area contributed by atoms with E-state index >= 15 is 0 Å². The minimum Gasteiger partial charge on any atom is -0.494 e. The number of ether oxygens (including phenoxy) is 2. The first-order chi connectivity index (χ1) is 13.7. The van der Waals surface area contributed by atoms with E-state index in [1.807, 2.05) is 36.4 Å². The molecule has 4 rings (SSSR count). The predicted molar refractivity (Wildman–Crippen MR) is 113 cm³/mol. The van der Waals surface area contributed by atoms with Crippen LogP contribution in [0, 0.1) is 11.8 Å². The molecule has 0 amide bonds. The summed E-state index contributed by atoms with van der Waals surface area (Å²) >= 11 is 0. The van der Waals surface area contributed by atoms with Gasteiger partial charge >= 0.3 is 0 Å². The van der Waals surface area contributed by atoms with Crippen molar-refractivity contribution in [2.24, 2.45) is 0 Å². The van der Waals surface area contributed by atoms with E-state index in [4.69, 9.17) is 9.47 Å². The van der Waals surface area contributed by atoms with E-state index in [1.165, 1.54) is 0 Å². The molecule has 0 unspecified atom stereocenters. The highest BCUT2D eigenvalue weighted by Crippen LogP contribution is 2.41. The Bertz CT molecular complexity index is 1070. The Morgan fingerprint density at radius 3 is 2.07 bits per heavy atom. The summed E-state index contributed by atoms with van der Waals surface area (Å²) in [5.74, 6) is 8.08. The molecule has 3 nitrogen and oxygen atoms in total. The molecule has 0 spiro atoms. The molecule has 3 aromatic rings. The molecule has 0 radical (unpaired) electrons. The van der Waals surface area contributed by atoms with Crippen molar-refractivity contribution < 1.29 is 9.47 Å². The highest BCUT2D eigenvalue weighted by Gasteiger charge is 2.30. The van der Waals surface area contributed by atoms with Gasteiger partial charge in [-0.3, -0.25) is 4.79 Å². The Balaban J connectivity index is 1.68. The lowest BCUT2D eigenvalue weighted by atomic mass is 9.98. The number of unbranched alkanes of at least 4 members (excludes halogenated alkanes) is 2. The first-order valence-corrected chi connectivity index (χ1v) is 10.1. The topological polar surface area (TPSA) is 35.5 Å². The molecule has 0 fully saturated rings. The van der Waals surface area contributed by atoms with Crippen molar-refractivity contribution in [2.45, 2.75) is 39.5 Å². The van der Waals surface area contributed by atoms with Gasteiger partial charge in [0, 0.05) is 33.4 Å². The van der Waals surface area contributed by atoms with Gasteiger partial charge in [0.15, 0.2) is 5.43 Å². The zero-order chi connectivity index (χ0) is 19.5. The zero-order valence-electron chi connectivity index (χ0n) is 16.4. The van der Waals surface area contributed by atoms with Crippen molar-refractivity contribution >= 4 is 0 Å². The Morgan fingerprint density at radius 1 is 0.750 bits per heavy atom. The SMILES string of the molecule is CCCCOc1ccc2c(c1)C#Cc1ccc(OCCCC)cc1-c1c-2c1=O. The first kappa shape index (κ1) is 18.4. The fourth-order valence-corrected chi connectivity index (χ4v) is 3.35. The lowest BCUT2D eigenvalue weighted by Gasteiger charge is -2.10. The van der Waals surface area contributed by atoms with Gasteiger partial charge in [-0.05, 0) is 49.2 Å². The largest absolute Gasteiger partial charge is 0.494 e. The minimum atomic E-state index is 0.0957. The summed E-state index contributed by atoms with van der Waals surface area (Å²) in [6, 6.07) is 11.7. The third kappa shape index (κ3) is 3.55. The molecular formula is C25H24O3. The Morgan fingerprint density at radius 2 is 1.36 bits per heavy atom. The second-order valence-electron chi connectivity index (χ2n) is 7.15. The van der Waals surface area contributed by atoms with E-state index < -0.39 is 0 Å². The van der Waals surface area contributed by atoms with Crippen molar-refractivity contribution in [3.8, 4) is 45.6 Å². The van der Waals surface area contributed by atoms with Gasteiger partial charge in [-0.2, -0.15) is 0 Å². The van der Waals surface area contributed by atoms with Gasteiger partial charge in [-0.25, -0.2) is 0 Å². The van der Waals surface area contributed by atoms with Crippen molar-refractivity contribution in [1.29, 1.82) is 0 Å². The minimum absolute atomic E-state index is 0.0957. The lowest BCUT2D eigenvalue weighted by molar-refractivity contribution is 0.309. The van der Waals surface area contributed by atoms with Crippen molar-refractivity contribution in [3.05, 3.63) is 57.7 Å². The molecule has 0 atom stereocenters. The predicted octanol–water partition coefficient (Wildman–Crippen LogP) is 5.33. The number of hydrogen-bond donors (Lipinski definition) is 0. The van der Waals surface area contributed by atoms with Gasteiger partial charge in [0.05, 0.1) is 13.2 Å². The van der Waals surface area contributed by atoms with Crippen LogP contribution in [0.25, 0.3) is 22.3 Å². The van der Waals surface area contributed by atoms with E-state index in [0.29, 0.717) is 13.2 Å². The molecular weight excluding hydrogens is 348 g/mol. The third-order valence-corrected chi connectivity index (χ3v) is 5.03. The molecule has 0 heterocycles. The van der Waals surface area contributed by atoms with Crippen LogP contribution in [-0.2, 0) is 0 Å². The standard InChI is InChI=1S/C25H24O3/c1-3-5-13-27-19-11-12-21-18(15-19)8-7-17-9-10-20(28-14-6-4-2)16-22(17)24-23(21)25(24)26/h9-12,15-16H,3-6,13-14H2,1-2H3. The maximum Gasteiger partial charge on any atom is 0.195 e. The van der Waals surface area contributed by atoms with Gasteiger partial charge in [-0.15, -0.1) is 0 Å².